The Morgan fingerprint density at radius 2 is 1.56 bits per heavy atom. The summed E-state index contributed by atoms with van der Waals surface area (Å²) >= 11 is 0. The number of benzene rings is 4. The van der Waals surface area contributed by atoms with Gasteiger partial charge >= 0.3 is 5.97 Å². The summed E-state index contributed by atoms with van der Waals surface area (Å²) in [5.74, 6) is 0.264. The number of esters is 1. The van der Waals surface area contributed by atoms with Crippen molar-refractivity contribution >= 4 is 18.3 Å². The molecule has 0 heterocycles. The summed E-state index contributed by atoms with van der Waals surface area (Å²) in [6.45, 7) is 4.54. The number of hydrogen-bond donors (Lipinski definition) is 0. The first-order valence-electron chi connectivity index (χ1n) is 11.9. The van der Waals surface area contributed by atoms with Crippen molar-refractivity contribution in [3.05, 3.63) is 119 Å². The molecule has 0 saturated heterocycles. The molecular formula is C32H28O4. The Kier molecular flexibility index (Phi) is 8.09. The van der Waals surface area contributed by atoms with Crippen molar-refractivity contribution in [1.29, 1.82) is 0 Å². The molecule has 0 saturated carbocycles. The summed E-state index contributed by atoms with van der Waals surface area (Å²) in [5, 5.41) is 0. The summed E-state index contributed by atoms with van der Waals surface area (Å²) in [5.41, 5.74) is 7.20. The molecule has 0 bridgehead atoms. The van der Waals surface area contributed by atoms with Gasteiger partial charge in [-0.25, -0.2) is 4.79 Å². The summed E-state index contributed by atoms with van der Waals surface area (Å²) in [7, 11) is 0. The van der Waals surface area contributed by atoms with Crippen LogP contribution < -0.4 is 4.74 Å². The van der Waals surface area contributed by atoms with Crippen molar-refractivity contribution in [3.63, 3.8) is 0 Å². The topological polar surface area (TPSA) is 52.6 Å². The van der Waals surface area contributed by atoms with Gasteiger partial charge in [0.15, 0.2) is 6.29 Å². The van der Waals surface area contributed by atoms with Crippen molar-refractivity contribution in [3.8, 4) is 28.0 Å². The highest BCUT2D eigenvalue weighted by molar-refractivity contribution is 5.93. The molecule has 4 nitrogen and oxygen atoms in total. The van der Waals surface area contributed by atoms with E-state index in [0.29, 0.717) is 24.5 Å². The summed E-state index contributed by atoms with van der Waals surface area (Å²) < 4.78 is 11.1. The van der Waals surface area contributed by atoms with E-state index in [9.17, 15) is 9.59 Å². The van der Waals surface area contributed by atoms with E-state index in [2.05, 4.69) is 6.07 Å². The molecule has 180 valence electrons. The molecule has 4 rings (SSSR count). The van der Waals surface area contributed by atoms with Crippen LogP contribution in [0.4, 0.5) is 0 Å². The van der Waals surface area contributed by atoms with Gasteiger partial charge in [0.05, 0.1) is 6.61 Å². The Bertz CT molecular complexity index is 1390. The third kappa shape index (κ3) is 6.16. The third-order valence-corrected chi connectivity index (χ3v) is 5.78. The molecule has 0 spiro atoms. The molecule has 0 radical (unpaired) electrons. The van der Waals surface area contributed by atoms with E-state index in [1.54, 1.807) is 13.0 Å². The van der Waals surface area contributed by atoms with Crippen LogP contribution >= 0.6 is 0 Å². The largest absolute Gasteiger partial charge is 0.489 e. The average molecular weight is 477 g/mol. The van der Waals surface area contributed by atoms with Crippen LogP contribution in [0.2, 0.25) is 0 Å². The van der Waals surface area contributed by atoms with Crippen LogP contribution in [0.5, 0.6) is 5.75 Å². The second-order valence-corrected chi connectivity index (χ2v) is 8.40. The van der Waals surface area contributed by atoms with Crippen molar-refractivity contribution in [1.82, 2.24) is 0 Å². The molecule has 0 aliphatic rings. The first-order valence-corrected chi connectivity index (χ1v) is 11.9. The minimum Gasteiger partial charge on any atom is -0.489 e. The maximum absolute atomic E-state index is 12.0. The Balaban J connectivity index is 1.70. The summed E-state index contributed by atoms with van der Waals surface area (Å²) in [6.07, 6.45) is 4.01. The number of carbonyl (C=O) groups is 2. The number of carbonyl (C=O) groups excluding carboxylic acids is 2. The normalized spacial score (nSPS) is 10.8. The Hall–Kier alpha value is -4.44. The van der Waals surface area contributed by atoms with E-state index in [-0.39, 0.29) is 0 Å². The van der Waals surface area contributed by atoms with E-state index in [1.807, 2.05) is 91.9 Å². The molecule has 36 heavy (non-hydrogen) atoms. The first-order chi connectivity index (χ1) is 17.6. The van der Waals surface area contributed by atoms with Gasteiger partial charge in [-0.3, -0.25) is 4.79 Å². The number of aldehydes is 1. The third-order valence-electron chi connectivity index (χ3n) is 5.78. The van der Waals surface area contributed by atoms with Crippen LogP contribution in [0.25, 0.3) is 28.3 Å². The first kappa shape index (κ1) is 24.7. The number of hydrogen-bond acceptors (Lipinski definition) is 4. The minimum absolute atomic E-state index is 0.305. The number of ether oxygens (including phenoxy) is 2. The van der Waals surface area contributed by atoms with Crippen molar-refractivity contribution in [2.24, 2.45) is 0 Å². The lowest BCUT2D eigenvalue weighted by atomic mass is 9.92. The highest BCUT2D eigenvalue weighted by Gasteiger charge is 2.11. The van der Waals surface area contributed by atoms with Crippen molar-refractivity contribution in [2.45, 2.75) is 20.5 Å². The van der Waals surface area contributed by atoms with Gasteiger partial charge in [-0.2, -0.15) is 0 Å². The fourth-order valence-corrected chi connectivity index (χ4v) is 4.02. The maximum Gasteiger partial charge on any atom is 0.330 e. The molecule has 0 aliphatic heterocycles. The van der Waals surface area contributed by atoms with Crippen LogP contribution in [0.3, 0.4) is 0 Å². The Morgan fingerprint density at radius 3 is 2.31 bits per heavy atom. The maximum atomic E-state index is 12.0. The highest BCUT2D eigenvalue weighted by atomic mass is 16.5. The molecule has 0 N–H and O–H groups in total. The zero-order valence-corrected chi connectivity index (χ0v) is 20.4. The van der Waals surface area contributed by atoms with Crippen LogP contribution in [-0.4, -0.2) is 18.9 Å². The molecule has 0 atom stereocenters. The lowest BCUT2D eigenvalue weighted by Gasteiger charge is -2.13. The molecule has 0 amide bonds. The highest BCUT2D eigenvalue weighted by Crippen LogP contribution is 2.33. The SMILES string of the molecule is CCOC(=O)/C=C/c1cc(OCc2ccccc2)ccc1-c1ccc(-c2cccc(C)c2)c(C=O)c1. The van der Waals surface area contributed by atoms with Gasteiger partial charge < -0.3 is 9.47 Å². The zero-order chi connectivity index (χ0) is 25.3. The van der Waals surface area contributed by atoms with Gasteiger partial charge in [0.1, 0.15) is 12.4 Å². The van der Waals surface area contributed by atoms with E-state index >= 15 is 0 Å². The lowest BCUT2D eigenvalue weighted by molar-refractivity contribution is -0.137. The average Bonchev–Trinajstić information content (AvgIpc) is 2.91. The molecule has 4 heteroatoms. The van der Waals surface area contributed by atoms with Crippen LogP contribution in [0, 0.1) is 6.92 Å². The number of rotatable bonds is 9. The molecule has 0 aliphatic carbocycles. The van der Waals surface area contributed by atoms with Crippen LogP contribution in [0.1, 0.15) is 34.0 Å². The van der Waals surface area contributed by atoms with Crippen LogP contribution in [-0.2, 0) is 16.1 Å². The lowest BCUT2D eigenvalue weighted by Crippen LogP contribution is -1.99. The van der Waals surface area contributed by atoms with Crippen LogP contribution in [0.15, 0.2) is 97.1 Å². The minimum atomic E-state index is -0.414. The smallest absolute Gasteiger partial charge is 0.330 e. The van der Waals surface area contributed by atoms with E-state index < -0.39 is 5.97 Å². The standard InChI is InChI=1S/C32H28O4/c1-3-35-32(34)17-13-27-20-29(36-22-24-9-5-4-6-10-24)14-16-30(27)26-12-15-31(28(19-26)21-33)25-11-7-8-23(2)18-25/h4-21H,3,22H2,1-2H3/b17-13+. The molecular weight excluding hydrogens is 448 g/mol. The van der Waals surface area contributed by atoms with Crippen molar-refractivity contribution < 1.29 is 19.1 Å². The molecule has 0 unspecified atom stereocenters. The number of aryl methyl sites for hydroxylation is 1. The molecule has 0 fully saturated rings. The Labute approximate surface area is 211 Å². The van der Waals surface area contributed by atoms with Crippen molar-refractivity contribution in [2.75, 3.05) is 6.61 Å². The Morgan fingerprint density at radius 1 is 0.806 bits per heavy atom. The molecule has 0 aromatic heterocycles. The zero-order valence-electron chi connectivity index (χ0n) is 20.4. The van der Waals surface area contributed by atoms with E-state index in [4.69, 9.17) is 9.47 Å². The second-order valence-electron chi connectivity index (χ2n) is 8.40. The van der Waals surface area contributed by atoms with Gasteiger partial charge in [0, 0.05) is 11.6 Å². The van der Waals surface area contributed by atoms with Gasteiger partial charge in [-0.15, -0.1) is 0 Å². The quantitative estimate of drug-likeness (QED) is 0.145. The van der Waals surface area contributed by atoms with E-state index in [1.165, 1.54) is 6.08 Å². The predicted molar refractivity (Wildman–Crippen MR) is 144 cm³/mol. The van der Waals surface area contributed by atoms with E-state index in [0.717, 1.165) is 45.2 Å². The monoisotopic (exact) mass is 476 g/mol. The molecule has 4 aromatic rings. The second kappa shape index (κ2) is 11.8. The fourth-order valence-electron chi connectivity index (χ4n) is 4.02. The fraction of sp³-hybridized carbons (Fsp3) is 0.125. The molecule has 4 aromatic carbocycles. The van der Waals surface area contributed by atoms with Gasteiger partial charge in [0.2, 0.25) is 0 Å². The predicted octanol–water partition coefficient (Wildman–Crippen LogP) is 7.30. The summed E-state index contributed by atoms with van der Waals surface area (Å²) in [6, 6.07) is 29.6. The van der Waals surface area contributed by atoms with Gasteiger partial charge in [-0.1, -0.05) is 78.4 Å². The van der Waals surface area contributed by atoms with Gasteiger partial charge in [-0.05, 0) is 71.5 Å². The summed E-state index contributed by atoms with van der Waals surface area (Å²) in [4.78, 5) is 24.0. The van der Waals surface area contributed by atoms with Gasteiger partial charge in [0.25, 0.3) is 0 Å².